The van der Waals surface area contributed by atoms with E-state index in [0.717, 1.165) is 30.5 Å². The van der Waals surface area contributed by atoms with Crippen LogP contribution < -0.4 is 4.72 Å². The van der Waals surface area contributed by atoms with Crippen molar-refractivity contribution in [3.8, 4) is 0 Å². The first kappa shape index (κ1) is 14.4. The molecule has 0 saturated heterocycles. The third-order valence-corrected chi connectivity index (χ3v) is 6.04. The molecule has 0 radical (unpaired) electrons. The number of benzene rings is 2. The summed E-state index contributed by atoms with van der Waals surface area (Å²) in [6.45, 7) is 0. The summed E-state index contributed by atoms with van der Waals surface area (Å²) in [5.74, 6) is -1.83. The maximum atomic E-state index is 13.5. The topological polar surface area (TPSA) is 44.9 Å². The van der Waals surface area contributed by atoms with E-state index in [-0.39, 0.29) is 0 Å². The Morgan fingerprint density at radius 2 is 1.78 bits per heavy atom. The van der Waals surface area contributed by atoms with Gasteiger partial charge in [-0.1, -0.05) is 30.3 Å². The number of hydrogen-bond donors (Lipinski definition) is 2. The molecule has 0 amide bonds. The molecule has 1 unspecified atom stereocenters. The summed E-state index contributed by atoms with van der Waals surface area (Å²) in [6, 6.07) is 11.9. The van der Waals surface area contributed by atoms with Crippen LogP contribution in [0.4, 0.5) is 14.5 Å². The summed E-state index contributed by atoms with van der Waals surface area (Å²) in [5, 5.41) is 0.487. The van der Waals surface area contributed by atoms with Crippen molar-refractivity contribution in [2.45, 2.75) is 17.6 Å². The lowest BCUT2D eigenvalue weighted by Crippen LogP contribution is -2.20. The normalized spacial score (nSPS) is 17.1. The van der Waals surface area contributed by atoms with Crippen molar-refractivity contribution in [1.82, 2.24) is 4.98 Å². The van der Waals surface area contributed by atoms with Gasteiger partial charge in [0, 0.05) is 17.6 Å². The molecule has 23 heavy (non-hydrogen) atoms. The fourth-order valence-electron chi connectivity index (χ4n) is 2.84. The second-order valence-corrected chi connectivity index (χ2v) is 7.27. The van der Waals surface area contributed by atoms with Crippen molar-refractivity contribution in [3.05, 3.63) is 65.9 Å². The summed E-state index contributed by atoms with van der Waals surface area (Å²) in [5.41, 5.74) is 2.01. The molecule has 2 aromatic carbocycles. The molecule has 0 spiro atoms. The average molecular weight is 332 g/mol. The van der Waals surface area contributed by atoms with Gasteiger partial charge < -0.3 is 9.71 Å². The highest BCUT2D eigenvalue weighted by Crippen LogP contribution is 2.51. The molecule has 3 aromatic rings. The van der Waals surface area contributed by atoms with E-state index in [1.54, 1.807) is 6.20 Å². The molecular weight excluding hydrogens is 318 g/mol. The second kappa shape index (κ2) is 5.16. The first-order valence-corrected chi connectivity index (χ1v) is 8.45. The van der Waals surface area contributed by atoms with Gasteiger partial charge in [-0.3, -0.25) is 0 Å². The molecule has 1 saturated carbocycles. The minimum Gasteiger partial charge on any atom is -0.359 e. The molecule has 1 aromatic heterocycles. The Morgan fingerprint density at radius 1 is 1.09 bits per heavy atom. The van der Waals surface area contributed by atoms with E-state index in [0.29, 0.717) is 16.6 Å². The molecule has 3 nitrogen and oxygen atoms in total. The van der Waals surface area contributed by atoms with Crippen LogP contribution in [0.25, 0.3) is 10.9 Å². The van der Waals surface area contributed by atoms with Gasteiger partial charge in [0.15, 0.2) is 11.6 Å². The molecule has 1 atom stereocenters. The number of rotatable bonds is 4. The van der Waals surface area contributed by atoms with Crippen molar-refractivity contribution >= 4 is 27.6 Å². The summed E-state index contributed by atoms with van der Waals surface area (Å²) in [6.07, 6.45) is 3.26. The van der Waals surface area contributed by atoms with Gasteiger partial charge in [0.05, 0.1) is 16.0 Å². The maximum Gasteiger partial charge on any atom is 0.160 e. The van der Waals surface area contributed by atoms with Gasteiger partial charge in [-0.05, 0) is 24.5 Å². The van der Waals surface area contributed by atoms with Crippen LogP contribution >= 0.6 is 0 Å². The summed E-state index contributed by atoms with van der Waals surface area (Å²) in [7, 11) is -1.35. The van der Waals surface area contributed by atoms with Crippen molar-refractivity contribution in [2.75, 3.05) is 4.72 Å². The Balaban J connectivity index is 1.66. The van der Waals surface area contributed by atoms with E-state index < -0.39 is 27.4 Å². The van der Waals surface area contributed by atoms with Crippen LogP contribution in [0.2, 0.25) is 0 Å². The lowest BCUT2D eigenvalue weighted by atomic mass is 10.1. The number of aromatic amines is 1. The average Bonchev–Trinajstić information content (AvgIpc) is 3.30. The van der Waals surface area contributed by atoms with Crippen molar-refractivity contribution in [1.29, 1.82) is 0 Å². The highest BCUT2D eigenvalue weighted by molar-refractivity contribution is 7.87. The third-order valence-electron chi connectivity index (χ3n) is 4.28. The van der Waals surface area contributed by atoms with Crippen LogP contribution in [0.1, 0.15) is 18.4 Å². The van der Waals surface area contributed by atoms with Crippen molar-refractivity contribution < 1.29 is 13.0 Å². The first-order chi connectivity index (χ1) is 11.1. The molecule has 0 aliphatic heterocycles. The quantitative estimate of drug-likeness (QED) is 0.738. The number of aromatic nitrogens is 1. The highest BCUT2D eigenvalue weighted by atomic mass is 32.2. The third kappa shape index (κ3) is 2.34. The van der Waals surface area contributed by atoms with Crippen molar-refractivity contribution in [3.63, 3.8) is 0 Å². The smallest absolute Gasteiger partial charge is 0.160 e. The van der Waals surface area contributed by atoms with E-state index in [9.17, 15) is 13.0 Å². The zero-order valence-corrected chi connectivity index (χ0v) is 12.9. The predicted molar refractivity (Wildman–Crippen MR) is 87.3 cm³/mol. The van der Waals surface area contributed by atoms with Gasteiger partial charge in [0.1, 0.15) is 11.0 Å². The minimum atomic E-state index is -1.35. The lowest BCUT2D eigenvalue weighted by Gasteiger charge is -2.16. The van der Waals surface area contributed by atoms with Crippen LogP contribution in [0, 0.1) is 11.6 Å². The Morgan fingerprint density at radius 3 is 2.48 bits per heavy atom. The van der Waals surface area contributed by atoms with E-state index in [1.807, 2.05) is 30.3 Å². The van der Waals surface area contributed by atoms with Gasteiger partial charge in [0.25, 0.3) is 0 Å². The van der Waals surface area contributed by atoms with Crippen LogP contribution in [0.5, 0.6) is 0 Å². The maximum absolute atomic E-state index is 13.5. The number of fused-ring (bicyclic) bond motifs is 1. The van der Waals surface area contributed by atoms with Crippen LogP contribution in [-0.2, 0) is 15.7 Å². The molecule has 2 N–H and O–H groups in total. The van der Waals surface area contributed by atoms with Gasteiger partial charge >= 0.3 is 0 Å². The van der Waals surface area contributed by atoms with Gasteiger partial charge in [-0.2, -0.15) is 0 Å². The zero-order chi connectivity index (χ0) is 16.0. The number of halogens is 2. The van der Waals surface area contributed by atoms with E-state index in [1.165, 1.54) is 0 Å². The lowest BCUT2D eigenvalue weighted by molar-refractivity contribution is 0.511. The van der Waals surface area contributed by atoms with Gasteiger partial charge in [0.2, 0.25) is 0 Å². The zero-order valence-electron chi connectivity index (χ0n) is 12.1. The van der Waals surface area contributed by atoms with Gasteiger partial charge in [-0.15, -0.1) is 0 Å². The van der Waals surface area contributed by atoms with Gasteiger partial charge in [-0.25, -0.2) is 13.0 Å². The number of nitrogens with one attached hydrogen (secondary N) is 2. The molecule has 1 aliphatic carbocycles. The Hall–Kier alpha value is -2.21. The number of H-pyrrole nitrogens is 1. The van der Waals surface area contributed by atoms with Crippen LogP contribution in [0.15, 0.2) is 48.7 Å². The molecule has 1 aliphatic rings. The molecule has 6 heteroatoms. The van der Waals surface area contributed by atoms with Crippen LogP contribution in [-0.4, -0.2) is 9.19 Å². The number of anilines is 1. The molecule has 4 rings (SSSR count). The Kier molecular flexibility index (Phi) is 3.23. The van der Waals surface area contributed by atoms with Crippen LogP contribution in [0.3, 0.4) is 0 Å². The monoisotopic (exact) mass is 332 g/mol. The molecular formula is C17H14F2N2OS. The predicted octanol–water partition coefficient (Wildman–Crippen LogP) is 4.21. The molecule has 1 heterocycles. The van der Waals surface area contributed by atoms with E-state index >= 15 is 0 Å². The fraction of sp³-hybridized carbons (Fsp3) is 0.176. The Bertz CT molecular complexity index is 904. The SMILES string of the molecule is O=S(Nc1c[nH]c2cc(F)c(F)cc12)C1(c2ccccc2)CC1. The number of hydrogen-bond acceptors (Lipinski definition) is 1. The van der Waals surface area contributed by atoms with E-state index in [2.05, 4.69) is 9.71 Å². The summed E-state index contributed by atoms with van der Waals surface area (Å²) >= 11 is 0. The molecule has 0 bridgehead atoms. The van der Waals surface area contributed by atoms with E-state index in [4.69, 9.17) is 0 Å². The fourth-order valence-corrected chi connectivity index (χ4v) is 4.22. The summed E-state index contributed by atoms with van der Waals surface area (Å²) in [4.78, 5) is 2.87. The second-order valence-electron chi connectivity index (χ2n) is 5.75. The Labute approximate surface area is 134 Å². The highest BCUT2D eigenvalue weighted by Gasteiger charge is 2.50. The molecule has 118 valence electrons. The minimum absolute atomic E-state index is 0.399. The largest absolute Gasteiger partial charge is 0.359 e. The van der Waals surface area contributed by atoms with Crippen molar-refractivity contribution in [2.24, 2.45) is 0 Å². The first-order valence-electron chi connectivity index (χ1n) is 7.30. The summed E-state index contributed by atoms with van der Waals surface area (Å²) < 4.78 is 42.1. The standard InChI is InChI=1S/C17H14F2N2OS/c18-13-8-12-15(9-14(13)19)20-10-16(12)21-23(22)17(6-7-17)11-4-2-1-3-5-11/h1-5,8-10,20-21H,6-7H2. The molecule has 1 fully saturated rings.